The van der Waals surface area contributed by atoms with E-state index in [0.29, 0.717) is 10.7 Å². The number of nitrogens with one attached hydrogen (secondary N) is 1. The number of hydrogen-bond donors (Lipinski definition) is 1. The number of halogens is 1. The molecule has 0 aliphatic rings. The number of carbonyl (C=O) groups excluding carboxylic acids is 1. The fourth-order valence-corrected chi connectivity index (χ4v) is 1.43. The lowest BCUT2D eigenvalue weighted by atomic mass is 10.2. The van der Waals surface area contributed by atoms with E-state index in [0.717, 1.165) is 11.5 Å². The maximum atomic E-state index is 11.6. The van der Waals surface area contributed by atoms with Crippen molar-refractivity contribution in [3.8, 4) is 0 Å². The van der Waals surface area contributed by atoms with Crippen LogP contribution in [0.4, 0.5) is 5.13 Å². The highest BCUT2D eigenvalue weighted by Gasteiger charge is 2.08. The van der Waals surface area contributed by atoms with Crippen LogP contribution in [0.2, 0.25) is 5.15 Å². The van der Waals surface area contributed by atoms with Crippen LogP contribution in [-0.4, -0.2) is 25.7 Å². The van der Waals surface area contributed by atoms with Crippen LogP contribution in [-0.2, 0) is 0 Å². The Morgan fingerprint density at radius 2 is 2.40 bits per heavy atom. The number of aromatic nitrogens is 4. The van der Waals surface area contributed by atoms with Gasteiger partial charge in [-0.05, 0) is 17.3 Å². The summed E-state index contributed by atoms with van der Waals surface area (Å²) in [6.07, 6.45) is 1.45. The fourth-order valence-electron chi connectivity index (χ4n) is 0.895. The molecule has 6 nitrogen and oxygen atoms in total. The molecule has 0 saturated heterocycles. The molecule has 0 radical (unpaired) electrons. The predicted octanol–water partition coefficient (Wildman–Crippen LogP) is 1.23. The van der Waals surface area contributed by atoms with Crippen LogP contribution in [0.1, 0.15) is 10.4 Å². The summed E-state index contributed by atoms with van der Waals surface area (Å²) in [5.41, 5.74) is 0.408. The Morgan fingerprint density at radius 3 is 3.07 bits per heavy atom. The first kappa shape index (κ1) is 9.94. The number of nitrogens with zero attached hydrogens (tertiary/aromatic N) is 4. The Labute approximate surface area is 93.5 Å². The van der Waals surface area contributed by atoms with Gasteiger partial charge in [-0.15, -0.1) is 0 Å². The highest BCUT2D eigenvalue weighted by Crippen LogP contribution is 2.10. The topological polar surface area (TPSA) is 80.7 Å². The molecule has 2 aromatic heterocycles. The molecule has 0 unspecified atom stereocenters. The van der Waals surface area contributed by atoms with Crippen molar-refractivity contribution in [2.24, 2.45) is 0 Å². The quantitative estimate of drug-likeness (QED) is 0.800. The van der Waals surface area contributed by atoms with Crippen LogP contribution in [0, 0.1) is 0 Å². The molecule has 0 spiro atoms. The smallest absolute Gasteiger partial charge is 0.257 e. The van der Waals surface area contributed by atoms with Gasteiger partial charge in [0.25, 0.3) is 5.91 Å². The maximum Gasteiger partial charge on any atom is 0.257 e. The van der Waals surface area contributed by atoms with Crippen LogP contribution >= 0.6 is 23.1 Å². The van der Waals surface area contributed by atoms with Gasteiger partial charge in [0.1, 0.15) is 5.15 Å². The van der Waals surface area contributed by atoms with Gasteiger partial charge in [0.15, 0.2) is 0 Å². The molecule has 2 aromatic rings. The first-order valence-electron chi connectivity index (χ1n) is 3.83. The van der Waals surface area contributed by atoms with E-state index in [-0.39, 0.29) is 11.1 Å². The number of carbonyl (C=O) groups is 1. The molecule has 1 N–H and O–H groups in total. The molecule has 8 heteroatoms. The standard InChI is InChI=1S/C7H4ClN5OS/c8-5-3-4(1-2-9-5)6(14)10-7-11-12-13-15-7/h1-3H,(H,10,11,13,14). The fraction of sp³-hybridized carbons (Fsp3) is 0. The molecule has 2 heterocycles. The Kier molecular flexibility index (Phi) is 2.84. The largest absolute Gasteiger partial charge is 0.295 e. The minimum absolute atomic E-state index is 0.262. The number of pyridine rings is 1. The van der Waals surface area contributed by atoms with E-state index in [1.165, 1.54) is 12.3 Å². The lowest BCUT2D eigenvalue weighted by Crippen LogP contribution is -2.11. The van der Waals surface area contributed by atoms with Gasteiger partial charge in [-0.2, -0.15) is 0 Å². The molecule has 0 atom stereocenters. The van der Waals surface area contributed by atoms with E-state index in [2.05, 4.69) is 25.1 Å². The third-order valence-corrected chi connectivity index (χ3v) is 2.23. The number of hydrogen-bond acceptors (Lipinski definition) is 6. The second-order valence-corrected chi connectivity index (χ2v) is 3.61. The first-order chi connectivity index (χ1) is 7.25. The lowest BCUT2D eigenvalue weighted by Gasteiger charge is -1.99. The molecule has 0 fully saturated rings. The zero-order valence-corrected chi connectivity index (χ0v) is 8.79. The molecule has 0 aliphatic carbocycles. The van der Waals surface area contributed by atoms with E-state index in [1.54, 1.807) is 6.07 Å². The lowest BCUT2D eigenvalue weighted by molar-refractivity contribution is 0.102. The summed E-state index contributed by atoms with van der Waals surface area (Å²) in [6.45, 7) is 0. The summed E-state index contributed by atoms with van der Waals surface area (Å²) in [4.78, 5) is 15.3. The Hall–Kier alpha value is -1.60. The van der Waals surface area contributed by atoms with E-state index >= 15 is 0 Å². The SMILES string of the molecule is O=C(Nc1nnns1)c1ccnc(Cl)c1. The summed E-state index contributed by atoms with van der Waals surface area (Å²) in [5.74, 6) is -0.321. The van der Waals surface area contributed by atoms with Crippen molar-refractivity contribution in [1.82, 2.24) is 19.8 Å². The summed E-state index contributed by atoms with van der Waals surface area (Å²) < 4.78 is 3.51. The van der Waals surface area contributed by atoms with Crippen molar-refractivity contribution in [3.05, 3.63) is 29.0 Å². The monoisotopic (exact) mass is 241 g/mol. The van der Waals surface area contributed by atoms with Crippen molar-refractivity contribution in [3.63, 3.8) is 0 Å². The van der Waals surface area contributed by atoms with Crippen molar-refractivity contribution < 1.29 is 4.79 Å². The summed E-state index contributed by atoms with van der Waals surface area (Å²) in [7, 11) is 0. The van der Waals surface area contributed by atoms with Crippen LogP contribution in [0.15, 0.2) is 18.3 Å². The molecular weight excluding hydrogens is 238 g/mol. The molecule has 0 bridgehead atoms. The first-order valence-corrected chi connectivity index (χ1v) is 4.99. The molecule has 0 aromatic carbocycles. The van der Waals surface area contributed by atoms with Gasteiger partial charge in [0, 0.05) is 23.3 Å². The number of amides is 1. The maximum absolute atomic E-state index is 11.6. The Bertz CT molecular complexity index is 474. The van der Waals surface area contributed by atoms with Gasteiger partial charge < -0.3 is 0 Å². The van der Waals surface area contributed by atoms with Gasteiger partial charge in [0.2, 0.25) is 5.13 Å². The molecule has 2 rings (SSSR count). The van der Waals surface area contributed by atoms with E-state index in [1.807, 2.05) is 0 Å². The third-order valence-electron chi connectivity index (χ3n) is 1.51. The molecule has 0 saturated carbocycles. The average Bonchev–Trinajstić information content (AvgIpc) is 2.70. The van der Waals surface area contributed by atoms with E-state index in [4.69, 9.17) is 11.6 Å². The summed E-state index contributed by atoms with van der Waals surface area (Å²) >= 11 is 6.64. The Balaban J connectivity index is 2.15. The van der Waals surface area contributed by atoms with Gasteiger partial charge >= 0.3 is 0 Å². The van der Waals surface area contributed by atoms with Crippen molar-refractivity contribution in [2.75, 3.05) is 5.32 Å². The van der Waals surface area contributed by atoms with Gasteiger partial charge in [0.05, 0.1) is 0 Å². The second-order valence-electron chi connectivity index (χ2n) is 2.49. The van der Waals surface area contributed by atoms with Crippen LogP contribution in [0.5, 0.6) is 0 Å². The third kappa shape index (κ3) is 2.45. The van der Waals surface area contributed by atoms with Gasteiger partial charge in [-0.25, -0.2) is 4.98 Å². The van der Waals surface area contributed by atoms with Crippen molar-refractivity contribution in [1.29, 1.82) is 0 Å². The zero-order valence-electron chi connectivity index (χ0n) is 7.22. The molecule has 0 aliphatic heterocycles. The minimum Gasteiger partial charge on any atom is -0.295 e. The second kappa shape index (κ2) is 4.28. The summed E-state index contributed by atoms with van der Waals surface area (Å²) in [6, 6.07) is 3.01. The van der Waals surface area contributed by atoms with Crippen LogP contribution in [0.25, 0.3) is 0 Å². The van der Waals surface area contributed by atoms with E-state index < -0.39 is 0 Å². The molecular formula is C7H4ClN5OS. The van der Waals surface area contributed by atoms with Gasteiger partial charge in [-0.3, -0.25) is 10.1 Å². The highest BCUT2D eigenvalue weighted by atomic mass is 35.5. The van der Waals surface area contributed by atoms with Gasteiger partial charge in [-0.1, -0.05) is 21.2 Å². The summed E-state index contributed by atoms with van der Waals surface area (Å²) in [5, 5.41) is 10.1. The number of anilines is 1. The minimum atomic E-state index is -0.321. The average molecular weight is 242 g/mol. The molecule has 76 valence electrons. The van der Waals surface area contributed by atoms with Crippen molar-refractivity contribution >= 4 is 34.2 Å². The molecule has 15 heavy (non-hydrogen) atoms. The number of rotatable bonds is 2. The Morgan fingerprint density at radius 1 is 1.53 bits per heavy atom. The predicted molar refractivity (Wildman–Crippen MR) is 54.9 cm³/mol. The zero-order chi connectivity index (χ0) is 10.7. The normalized spacial score (nSPS) is 9.93. The highest BCUT2D eigenvalue weighted by molar-refractivity contribution is 7.09. The van der Waals surface area contributed by atoms with Crippen LogP contribution < -0.4 is 5.32 Å². The van der Waals surface area contributed by atoms with Crippen LogP contribution in [0.3, 0.4) is 0 Å². The van der Waals surface area contributed by atoms with Crippen molar-refractivity contribution in [2.45, 2.75) is 0 Å². The molecule has 1 amide bonds. The van der Waals surface area contributed by atoms with E-state index in [9.17, 15) is 4.79 Å².